The van der Waals surface area contributed by atoms with Crippen molar-refractivity contribution in [3.05, 3.63) is 0 Å². The molecule has 5 nitrogen and oxygen atoms in total. The summed E-state index contributed by atoms with van der Waals surface area (Å²) >= 11 is 0. The Labute approximate surface area is 109 Å². The van der Waals surface area contributed by atoms with Crippen molar-refractivity contribution < 1.29 is 19.4 Å². The van der Waals surface area contributed by atoms with E-state index in [1.165, 1.54) is 7.11 Å². The molecule has 0 aliphatic heterocycles. The van der Waals surface area contributed by atoms with E-state index < -0.39 is 11.6 Å². The molecule has 0 heterocycles. The number of aliphatic carboxylic acids is 1. The van der Waals surface area contributed by atoms with Gasteiger partial charge in [0.1, 0.15) is 5.60 Å². The molecule has 1 atom stereocenters. The fourth-order valence-corrected chi connectivity index (χ4v) is 1.54. The van der Waals surface area contributed by atoms with Gasteiger partial charge in [0.2, 0.25) is 0 Å². The number of hydrogen-bond acceptors (Lipinski definition) is 3. The smallest absolute Gasteiger partial charge is 0.303 e. The number of carboxylic acid groups (broad SMARTS) is 1. The van der Waals surface area contributed by atoms with Crippen LogP contribution in [0.15, 0.2) is 0 Å². The Bertz CT molecular complexity index is 262. The average molecular weight is 259 g/mol. The van der Waals surface area contributed by atoms with Crippen LogP contribution in [0.1, 0.15) is 52.4 Å². The highest BCUT2D eigenvalue weighted by Crippen LogP contribution is 2.13. The molecule has 0 spiro atoms. The number of carbonyl (C=O) groups excluding carboxylic acids is 1. The van der Waals surface area contributed by atoms with Crippen LogP contribution < -0.4 is 5.32 Å². The van der Waals surface area contributed by atoms with Crippen LogP contribution in [0.3, 0.4) is 0 Å². The summed E-state index contributed by atoms with van der Waals surface area (Å²) in [6, 6.07) is 0. The first kappa shape index (κ1) is 16.9. The molecule has 0 rings (SSSR count). The van der Waals surface area contributed by atoms with Crippen molar-refractivity contribution in [2.45, 2.75) is 58.0 Å². The van der Waals surface area contributed by atoms with Crippen molar-refractivity contribution in [2.75, 3.05) is 13.7 Å². The highest BCUT2D eigenvalue weighted by Gasteiger charge is 2.30. The molecule has 5 heteroatoms. The molecule has 2 N–H and O–H groups in total. The minimum Gasteiger partial charge on any atom is -0.481 e. The van der Waals surface area contributed by atoms with Crippen molar-refractivity contribution in [3.63, 3.8) is 0 Å². The number of methoxy groups -OCH3 is 1. The first-order valence-corrected chi connectivity index (χ1v) is 6.51. The Kier molecular flexibility index (Phi) is 8.37. The van der Waals surface area contributed by atoms with Gasteiger partial charge in [-0.25, -0.2) is 0 Å². The standard InChI is InChI=1S/C13H25NO4/c1-4-13(2,18-3)12(17)14-10-8-6-5-7-9-11(15)16/h4-10H2,1-3H3,(H,14,17)(H,15,16). The van der Waals surface area contributed by atoms with E-state index in [0.717, 1.165) is 19.3 Å². The molecule has 0 radical (unpaired) electrons. The third kappa shape index (κ3) is 6.59. The molecule has 1 unspecified atom stereocenters. The van der Waals surface area contributed by atoms with Gasteiger partial charge in [0.25, 0.3) is 5.91 Å². The fraction of sp³-hybridized carbons (Fsp3) is 0.846. The summed E-state index contributed by atoms with van der Waals surface area (Å²) in [6.45, 7) is 4.30. The van der Waals surface area contributed by atoms with Crippen LogP contribution in [0, 0.1) is 0 Å². The maximum atomic E-state index is 11.8. The minimum atomic E-state index is -0.748. The summed E-state index contributed by atoms with van der Waals surface area (Å²) in [4.78, 5) is 22.1. The molecule has 1 amide bonds. The van der Waals surface area contributed by atoms with Crippen LogP contribution in [0.5, 0.6) is 0 Å². The molecule has 0 aliphatic rings. The predicted molar refractivity (Wildman–Crippen MR) is 69.4 cm³/mol. The van der Waals surface area contributed by atoms with E-state index in [4.69, 9.17) is 9.84 Å². The number of hydrogen-bond donors (Lipinski definition) is 2. The molecule has 0 saturated carbocycles. The topological polar surface area (TPSA) is 75.6 Å². The molecular formula is C13H25NO4. The molecule has 0 saturated heterocycles. The molecular weight excluding hydrogens is 234 g/mol. The van der Waals surface area contributed by atoms with Gasteiger partial charge in [-0.05, 0) is 26.2 Å². The monoisotopic (exact) mass is 259 g/mol. The normalized spacial score (nSPS) is 13.9. The number of carbonyl (C=O) groups is 2. The van der Waals surface area contributed by atoms with Crippen molar-refractivity contribution >= 4 is 11.9 Å². The van der Waals surface area contributed by atoms with Gasteiger partial charge in [-0.15, -0.1) is 0 Å². The fourth-order valence-electron chi connectivity index (χ4n) is 1.54. The summed E-state index contributed by atoms with van der Waals surface area (Å²) in [6.07, 6.45) is 4.25. The number of ether oxygens (including phenoxy) is 1. The SMILES string of the molecule is CCC(C)(OC)C(=O)NCCCCCCC(=O)O. The molecule has 18 heavy (non-hydrogen) atoms. The number of carboxylic acids is 1. The van der Waals surface area contributed by atoms with Crippen molar-refractivity contribution in [1.29, 1.82) is 0 Å². The summed E-state index contributed by atoms with van der Waals surface area (Å²) in [7, 11) is 1.54. The Morgan fingerprint density at radius 2 is 1.83 bits per heavy atom. The number of amides is 1. The Morgan fingerprint density at radius 3 is 2.33 bits per heavy atom. The predicted octanol–water partition coefficient (Wildman–Crippen LogP) is 1.95. The zero-order valence-electron chi connectivity index (χ0n) is 11.6. The highest BCUT2D eigenvalue weighted by molar-refractivity contribution is 5.84. The summed E-state index contributed by atoms with van der Waals surface area (Å²) in [5.41, 5.74) is -0.747. The maximum absolute atomic E-state index is 11.8. The first-order valence-electron chi connectivity index (χ1n) is 6.51. The number of nitrogens with one attached hydrogen (secondary N) is 1. The maximum Gasteiger partial charge on any atom is 0.303 e. The van der Waals surface area contributed by atoms with E-state index in [-0.39, 0.29) is 12.3 Å². The van der Waals surface area contributed by atoms with E-state index in [1.54, 1.807) is 6.92 Å². The quantitative estimate of drug-likeness (QED) is 0.588. The second-order valence-electron chi connectivity index (χ2n) is 4.60. The Balaban J connectivity index is 3.60. The van der Waals surface area contributed by atoms with Crippen molar-refractivity contribution in [2.24, 2.45) is 0 Å². The second-order valence-corrected chi connectivity index (χ2v) is 4.60. The van der Waals surface area contributed by atoms with Crippen LogP contribution in [0.25, 0.3) is 0 Å². The minimum absolute atomic E-state index is 0.0852. The van der Waals surface area contributed by atoms with Crippen LogP contribution in [0.4, 0.5) is 0 Å². The average Bonchev–Trinajstić information content (AvgIpc) is 2.35. The summed E-state index contributed by atoms with van der Waals surface area (Å²) < 4.78 is 5.19. The van der Waals surface area contributed by atoms with Gasteiger partial charge in [-0.2, -0.15) is 0 Å². The molecule has 0 aromatic heterocycles. The number of unbranched alkanes of at least 4 members (excludes halogenated alkanes) is 3. The highest BCUT2D eigenvalue weighted by atomic mass is 16.5. The third-order valence-electron chi connectivity index (χ3n) is 3.21. The van der Waals surface area contributed by atoms with Crippen LogP contribution in [0.2, 0.25) is 0 Å². The van der Waals surface area contributed by atoms with Gasteiger partial charge in [0, 0.05) is 20.1 Å². The Hall–Kier alpha value is -1.10. The number of rotatable bonds is 10. The van der Waals surface area contributed by atoms with E-state index in [0.29, 0.717) is 19.4 Å². The van der Waals surface area contributed by atoms with Crippen LogP contribution >= 0.6 is 0 Å². The summed E-state index contributed by atoms with van der Waals surface area (Å²) in [5.74, 6) is -0.833. The molecule has 0 aromatic carbocycles. The largest absolute Gasteiger partial charge is 0.481 e. The zero-order chi connectivity index (χ0) is 14.0. The van der Waals surface area contributed by atoms with Crippen molar-refractivity contribution in [3.8, 4) is 0 Å². The first-order chi connectivity index (χ1) is 8.46. The van der Waals surface area contributed by atoms with Gasteiger partial charge in [0.15, 0.2) is 0 Å². The third-order valence-corrected chi connectivity index (χ3v) is 3.21. The van der Waals surface area contributed by atoms with Crippen molar-refractivity contribution in [1.82, 2.24) is 5.32 Å². The van der Waals surface area contributed by atoms with Crippen LogP contribution in [-0.2, 0) is 14.3 Å². The Morgan fingerprint density at radius 1 is 1.22 bits per heavy atom. The lowest BCUT2D eigenvalue weighted by atomic mass is 10.0. The summed E-state index contributed by atoms with van der Waals surface area (Å²) in [5, 5.41) is 11.3. The van der Waals surface area contributed by atoms with E-state index >= 15 is 0 Å². The molecule has 106 valence electrons. The molecule has 0 aliphatic carbocycles. The van der Waals surface area contributed by atoms with E-state index in [2.05, 4.69) is 5.32 Å². The molecule has 0 fully saturated rings. The van der Waals surface area contributed by atoms with E-state index in [9.17, 15) is 9.59 Å². The van der Waals surface area contributed by atoms with Crippen LogP contribution in [-0.4, -0.2) is 36.2 Å². The van der Waals surface area contributed by atoms with Gasteiger partial charge in [-0.3, -0.25) is 9.59 Å². The van der Waals surface area contributed by atoms with E-state index in [1.807, 2.05) is 6.92 Å². The van der Waals surface area contributed by atoms with Gasteiger partial charge in [0.05, 0.1) is 0 Å². The zero-order valence-corrected chi connectivity index (χ0v) is 11.6. The molecule has 0 bridgehead atoms. The second kappa shape index (κ2) is 8.91. The van der Waals surface area contributed by atoms with Gasteiger partial charge < -0.3 is 15.2 Å². The van der Waals surface area contributed by atoms with Gasteiger partial charge >= 0.3 is 5.97 Å². The lowest BCUT2D eigenvalue weighted by Gasteiger charge is -2.25. The molecule has 0 aromatic rings. The van der Waals surface area contributed by atoms with Gasteiger partial charge in [-0.1, -0.05) is 19.8 Å². The lowest BCUT2D eigenvalue weighted by Crippen LogP contribution is -2.45. The lowest BCUT2D eigenvalue weighted by molar-refractivity contribution is -0.141.